The number of nitro benzene ring substituents is 1. The highest BCUT2D eigenvalue weighted by Crippen LogP contribution is 2.31. The Bertz CT molecular complexity index is 1650. The van der Waals surface area contributed by atoms with E-state index in [1.807, 2.05) is 30.3 Å². The number of carbonyl (C=O) groups excluding carboxylic acids is 2. The predicted octanol–water partition coefficient (Wildman–Crippen LogP) is 6.28. The van der Waals surface area contributed by atoms with Gasteiger partial charge in [0, 0.05) is 0 Å². The molecule has 188 valence electrons. The molecule has 0 spiro atoms. The molecule has 9 nitrogen and oxygen atoms in total. The minimum atomic E-state index is -0.830. The van der Waals surface area contributed by atoms with Crippen molar-refractivity contribution in [2.75, 3.05) is 12.4 Å². The number of nitrogens with zero attached hydrogens (tertiary/aromatic N) is 2. The molecule has 0 unspecified atom stereocenters. The largest absolute Gasteiger partial charge is 0.496 e. The van der Waals surface area contributed by atoms with Crippen molar-refractivity contribution in [2.24, 2.45) is 0 Å². The Hall–Kier alpha value is -5.01. The number of hydrogen-bond acceptors (Lipinski definition) is 7. The minimum Gasteiger partial charge on any atom is -0.496 e. The van der Waals surface area contributed by atoms with Gasteiger partial charge in [-0.05, 0) is 68.7 Å². The zero-order valence-electron chi connectivity index (χ0n) is 19.8. The van der Waals surface area contributed by atoms with Crippen LogP contribution in [0.15, 0.2) is 88.9 Å². The predicted molar refractivity (Wildman–Crippen MR) is 145 cm³/mol. The summed E-state index contributed by atoms with van der Waals surface area (Å²) >= 11 is 3.36. The van der Waals surface area contributed by atoms with Crippen LogP contribution in [0.5, 0.6) is 11.5 Å². The number of amides is 1. The van der Waals surface area contributed by atoms with Crippen LogP contribution in [0.1, 0.15) is 15.9 Å². The fourth-order valence-electron chi connectivity index (χ4n) is 3.65. The summed E-state index contributed by atoms with van der Waals surface area (Å²) in [5.74, 6) is -0.874. The molecular weight excluding hydrogens is 554 g/mol. The van der Waals surface area contributed by atoms with Crippen LogP contribution in [0.2, 0.25) is 0 Å². The maximum Gasteiger partial charge on any atom is 0.344 e. The van der Waals surface area contributed by atoms with Crippen molar-refractivity contribution in [3.63, 3.8) is 0 Å². The van der Waals surface area contributed by atoms with Crippen molar-refractivity contribution in [1.29, 1.82) is 5.26 Å². The fraction of sp³-hybridized carbons (Fsp3) is 0.0357. The molecule has 1 amide bonds. The van der Waals surface area contributed by atoms with Crippen LogP contribution < -0.4 is 14.8 Å². The van der Waals surface area contributed by atoms with Crippen LogP contribution in [0.25, 0.3) is 16.8 Å². The molecule has 0 aromatic heterocycles. The van der Waals surface area contributed by atoms with Gasteiger partial charge in [-0.1, -0.05) is 42.5 Å². The fourth-order valence-corrected chi connectivity index (χ4v) is 4.13. The highest BCUT2D eigenvalue weighted by atomic mass is 79.9. The van der Waals surface area contributed by atoms with Crippen LogP contribution in [0.3, 0.4) is 0 Å². The standard InChI is InChI=1S/C28H18BrN3O6/c1-37-20-10-11-24(25(15-20)32(35)36)31-27(33)19(16-30)13-17-9-12-26(23(29)14-17)38-28(34)22-8-4-6-18-5-2-3-7-21(18)22/h2-15H,1H3,(H,31,33)/b19-13+. The van der Waals surface area contributed by atoms with Gasteiger partial charge in [0.15, 0.2) is 0 Å². The molecule has 1 N–H and O–H groups in total. The number of fused-ring (bicyclic) bond motifs is 1. The first-order valence-electron chi connectivity index (χ1n) is 11.1. The summed E-state index contributed by atoms with van der Waals surface area (Å²) in [7, 11) is 1.36. The van der Waals surface area contributed by atoms with Gasteiger partial charge in [0.05, 0.1) is 28.1 Å². The molecule has 4 aromatic rings. The van der Waals surface area contributed by atoms with Crippen LogP contribution >= 0.6 is 15.9 Å². The highest BCUT2D eigenvalue weighted by Gasteiger charge is 2.20. The number of halogens is 1. The normalized spacial score (nSPS) is 10.9. The molecule has 0 aliphatic carbocycles. The minimum absolute atomic E-state index is 0.0844. The van der Waals surface area contributed by atoms with Gasteiger partial charge in [-0.15, -0.1) is 0 Å². The van der Waals surface area contributed by atoms with E-state index >= 15 is 0 Å². The lowest BCUT2D eigenvalue weighted by Crippen LogP contribution is -2.14. The smallest absolute Gasteiger partial charge is 0.344 e. The summed E-state index contributed by atoms with van der Waals surface area (Å²) in [5.41, 5.74) is 0.115. The lowest BCUT2D eigenvalue weighted by atomic mass is 10.0. The Morgan fingerprint density at radius 2 is 1.82 bits per heavy atom. The van der Waals surface area contributed by atoms with Gasteiger partial charge in [-0.25, -0.2) is 4.79 Å². The number of nitro groups is 1. The molecule has 10 heteroatoms. The molecule has 4 aromatic carbocycles. The van der Waals surface area contributed by atoms with Crippen molar-refractivity contribution in [2.45, 2.75) is 0 Å². The van der Waals surface area contributed by atoms with E-state index < -0.39 is 16.8 Å². The monoisotopic (exact) mass is 571 g/mol. The van der Waals surface area contributed by atoms with Crippen LogP contribution in [-0.4, -0.2) is 23.9 Å². The third kappa shape index (κ3) is 5.69. The van der Waals surface area contributed by atoms with Crippen molar-refractivity contribution < 1.29 is 24.0 Å². The topological polar surface area (TPSA) is 132 Å². The molecule has 38 heavy (non-hydrogen) atoms. The SMILES string of the molecule is COc1ccc(NC(=O)/C(C#N)=C/c2ccc(OC(=O)c3cccc4ccccc34)c(Br)c2)c([N+](=O)[O-])c1. The molecule has 0 heterocycles. The second kappa shape index (κ2) is 11.4. The average molecular weight is 572 g/mol. The van der Waals surface area contributed by atoms with Gasteiger partial charge in [0.2, 0.25) is 0 Å². The Kier molecular flexibility index (Phi) is 7.80. The van der Waals surface area contributed by atoms with Crippen molar-refractivity contribution in [3.8, 4) is 17.6 Å². The number of benzene rings is 4. The first-order valence-corrected chi connectivity index (χ1v) is 11.8. The maximum atomic E-state index is 12.9. The number of rotatable bonds is 7. The summed E-state index contributed by atoms with van der Waals surface area (Å²) in [6, 6.07) is 23.2. The average Bonchev–Trinajstić information content (AvgIpc) is 2.92. The van der Waals surface area contributed by atoms with E-state index in [2.05, 4.69) is 21.2 Å². The number of nitrogens with one attached hydrogen (secondary N) is 1. The van der Waals surface area contributed by atoms with Crippen LogP contribution in [0.4, 0.5) is 11.4 Å². The number of ether oxygens (including phenoxy) is 2. The molecule has 0 saturated carbocycles. The van der Waals surface area contributed by atoms with E-state index in [1.165, 1.54) is 37.5 Å². The first kappa shape index (κ1) is 26.1. The van der Waals surface area contributed by atoms with Gasteiger partial charge >= 0.3 is 5.97 Å². The van der Waals surface area contributed by atoms with Gasteiger partial charge in [-0.2, -0.15) is 5.26 Å². The highest BCUT2D eigenvalue weighted by molar-refractivity contribution is 9.10. The number of methoxy groups -OCH3 is 1. The molecule has 0 aliphatic heterocycles. The third-order valence-corrected chi connectivity index (χ3v) is 6.11. The Morgan fingerprint density at radius 3 is 2.53 bits per heavy atom. The molecule has 0 fully saturated rings. The van der Waals surface area contributed by atoms with E-state index in [-0.39, 0.29) is 28.4 Å². The summed E-state index contributed by atoms with van der Waals surface area (Å²) in [6.07, 6.45) is 1.31. The number of nitriles is 1. The Morgan fingerprint density at radius 1 is 1.05 bits per heavy atom. The zero-order chi connectivity index (χ0) is 27.2. The summed E-state index contributed by atoms with van der Waals surface area (Å²) in [4.78, 5) is 36.3. The van der Waals surface area contributed by atoms with Crippen molar-refractivity contribution in [1.82, 2.24) is 0 Å². The summed E-state index contributed by atoms with van der Waals surface area (Å²) in [6.45, 7) is 0. The third-order valence-electron chi connectivity index (χ3n) is 5.49. The van der Waals surface area contributed by atoms with Crippen molar-refractivity contribution in [3.05, 3.63) is 110 Å². The molecule has 0 atom stereocenters. The van der Waals surface area contributed by atoms with Gasteiger partial charge in [-0.3, -0.25) is 14.9 Å². The second-order valence-electron chi connectivity index (χ2n) is 7.87. The number of carbonyl (C=O) groups is 2. The Labute approximate surface area is 225 Å². The van der Waals surface area contributed by atoms with E-state index in [9.17, 15) is 25.0 Å². The van der Waals surface area contributed by atoms with Gasteiger partial charge in [0.25, 0.3) is 11.6 Å². The molecular formula is C28H18BrN3O6. The molecule has 0 radical (unpaired) electrons. The first-order chi connectivity index (χ1) is 18.3. The lowest BCUT2D eigenvalue weighted by molar-refractivity contribution is -0.384. The van der Waals surface area contributed by atoms with E-state index in [0.29, 0.717) is 15.6 Å². The second-order valence-corrected chi connectivity index (χ2v) is 8.72. The van der Waals surface area contributed by atoms with E-state index in [1.54, 1.807) is 30.3 Å². The van der Waals surface area contributed by atoms with Gasteiger partial charge < -0.3 is 14.8 Å². The lowest BCUT2D eigenvalue weighted by Gasteiger charge is -2.10. The quantitative estimate of drug-likeness (QED) is 0.0688. The number of anilines is 1. The van der Waals surface area contributed by atoms with E-state index in [0.717, 1.165) is 10.8 Å². The zero-order valence-corrected chi connectivity index (χ0v) is 21.4. The molecule has 0 saturated heterocycles. The van der Waals surface area contributed by atoms with Crippen molar-refractivity contribution >= 4 is 56.0 Å². The van der Waals surface area contributed by atoms with Crippen LogP contribution in [0, 0.1) is 21.4 Å². The Balaban J connectivity index is 1.54. The molecule has 0 bridgehead atoms. The molecule has 0 aliphatic rings. The summed E-state index contributed by atoms with van der Waals surface area (Å²) < 4.78 is 11.0. The maximum absolute atomic E-state index is 12.9. The number of hydrogen-bond donors (Lipinski definition) is 1. The summed E-state index contributed by atoms with van der Waals surface area (Å²) in [5, 5.41) is 25.0. The molecule has 4 rings (SSSR count). The van der Waals surface area contributed by atoms with E-state index in [4.69, 9.17) is 9.47 Å². The van der Waals surface area contributed by atoms with Gasteiger partial charge in [0.1, 0.15) is 28.8 Å². The number of esters is 1. The van der Waals surface area contributed by atoms with Crippen LogP contribution in [-0.2, 0) is 4.79 Å².